The molecule has 0 radical (unpaired) electrons. The predicted molar refractivity (Wildman–Crippen MR) is 84.4 cm³/mol. The van der Waals surface area contributed by atoms with Crippen LogP contribution >= 0.6 is 0 Å². The Morgan fingerprint density at radius 1 is 1.43 bits per heavy atom. The molecule has 6 heteroatoms. The van der Waals surface area contributed by atoms with Crippen LogP contribution in [-0.2, 0) is 0 Å². The average molecular weight is 314 g/mol. The molecule has 1 aliphatic carbocycles. The Balaban J connectivity index is 1.97. The van der Waals surface area contributed by atoms with Crippen LogP contribution in [0.25, 0.3) is 11.3 Å². The van der Waals surface area contributed by atoms with Crippen molar-refractivity contribution in [1.82, 2.24) is 9.78 Å². The molecule has 1 aromatic carbocycles. The van der Waals surface area contributed by atoms with Crippen molar-refractivity contribution >= 4 is 0 Å². The Morgan fingerprint density at radius 2 is 2.26 bits per heavy atom. The number of nitriles is 1. The van der Waals surface area contributed by atoms with Gasteiger partial charge in [0, 0.05) is 17.7 Å². The molecule has 1 aliphatic rings. The third-order valence-corrected chi connectivity index (χ3v) is 4.17. The van der Waals surface area contributed by atoms with Crippen molar-refractivity contribution in [1.29, 1.82) is 5.26 Å². The summed E-state index contributed by atoms with van der Waals surface area (Å²) in [5.41, 5.74) is 7.29. The molecule has 1 saturated carbocycles. The number of halogens is 1. The van der Waals surface area contributed by atoms with Gasteiger partial charge in [-0.3, -0.25) is 0 Å². The first-order chi connectivity index (χ1) is 11.1. The van der Waals surface area contributed by atoms with Crippen LogP contribution in [0.2, 0.25) is 0 Å². The molecule has 0 bridgehead atoms. The minimum atomic E-state index is -0.541. The normalized spacial score (nSPS) is 20.4. The molecule has 120 valence electrons. The first kappa shape index (κ1) is 15.5. The number of aromatic nitrogens is 2. The van der Waals surface area contributed by atoms with Crippen LogP contribution in [-0.4, -0.2) is 22.4 Å². The molecule has 1 fully saturated rings. The summed E-state index contributed by atoms with van der Waals surface area (Å²) >= 11 is 0. The Kier molecular flexibility index (Phi) is 4.30. The average Bonchev–Trinajstić information content (AvgIpc) is 3.14. The lowest BCUT2D eigenvalue weighted by Crippen LogP contribution is -2.17. The highest BCUT2D eigenvalue weighted by Crippen LogP contribution is 2.34. The summed E-state index contributed by atoms with van der Waals surface area (Å²) in [5, 5.41) is 13.4. The Labute approximate surface area is 134 Å². The molecule has 2 atom stereocenters. The van der Waals surface area contributed by atoms with E-state index in [9.17, 15) is 4.39 Å². The smallest absolute Gasteiger partial charge is 0.212 e. The van der Waals surface area contributed by atoms with Gasteiger partial charge in [0.1, 0.15) is 11.9 Å². The maximum Gasteiger partial charge on any atom is 0.212 e. The molecule has 1 heterocycles. The number of benzene rings is 1. The van der Waals surface area contributed by atoms with Crippen LogP contribution < -0.4 is 10.5 Å². The van der Waals surface area contributed by atoms with Crippen LogP contribution in [0, 0.1) is 17.1 Å². The topological polar surface area (TPSA) is 76.9 Å². The Bertz CT molecular complexity index is 750. The second kappa shape index (κ2) is 6.39. The largest absolute Gasteiger partial charge is 0.478 e. The van der Waals surface area contributed by atoms with Crippen LogP contribution in [0.4, 0.5) is 4.39 Å². The second-order valence-corrected chi connectivity index (χ2v) is 5.78. The Hall–Kier alpha value is -2.39. The fourth-order valence-corrected chi connectivity index (χ4v) is 3.01. The van der Waals surface area contributed by atoms with Crippen LogP contribution in [0.3, 0.4) is 0 Å². The molecule has 0 amide bonds. The summed E-state index contributed by atoms with van der Waals surface area (Å²) in [5.74, 6) is 0.131. The van der Waals surface area contributed by atoms with Gasteiger partial charge in [-0.05, 0) is 38.3 Å². The number of nitrogens with two attached hydrogens (primary N) is 1. The first-order valence-corrected chi connectivity index (χ1v) is 7.80. The molecule has 23 heavy (non-hydrogen) atoms. The SMILES string of the molecule is CCOc1cc(-c2ccc(C#N)c(F)c2)nn1C1CCC(N)C1. The quantitative estimate of drug-likeness (QED) is 0.941. The second-order valence-electron chi connectivity index (χ2n) is 5.78. The van der Waals surface area contributed by atoms with Crippen LogP contribution in [0.5, 0.6) is 5.88 Å². The number of ether oxygens (including phenoxy) is 1. The van der Waals surface area contributed by atoms with Crippen molar-refractivity contribution in [3.05, 3.63) is 35.6 Å². The molecule has 2 unspecified atom stereocenters. The van der Waals surface area contributed by atoms with Crippen molar-refractivity contribution in [2.75, 3.05) is 6.61 Å². The van der Waals surface area contributed by atoms with E-state index >= 15 is 0 Å². The minimum absolute atomic E-state index is 0.0278. The van der Waals surface area contributed by atoms with Crippen molar-refractivity contribution in [2.45, 2.75) is 38.3 Å². The summed E-state index contributed by atoms with van der Waals surface area (Å²) in [4.78, 5) is 0. The molecule has 2 aromatic rings. The van der Waals surface area contributed by atoms with E-state index in [1.54, 1.807) is 6.07 Å². The van der Waals surface area contributed by atoms with E-state index in [1.165, 1.54) is 12.1 Å². The molecule has 3 rings (SSSR count). The predicted octanol–water partition coefficient (Wildman–Crippen LogP) is 3.01. The zero-order chi connectivity index (χ0) is 16.4. The summed E-state index contributed by atoms with van der Waals surface area (Å²) in [6.45, 7) is 2.45. The van der Waals surface area contributed by atoms with Gasteiger partial charge in [0.25, 0.3) is 0 Å². The van der Waals surface area contributed by atoms with Gasteiger partial charge >= 0.3 is 0 Å². The van der Waals surface area contributed by atoms with E-state index in [4.69, 9.17) is 15.7 Å². The molecular weight excluding hydrogens is 295 g/mol. The summed E-state index contributed by atoms with van der Waals surface area (Å²) in [6.07, 6.45) is 2.80. The zero-order valence-electron chi connectivity index (χ0n) is 13.0. The van der Waals surface area contributed by atoms with Crippen molar-refractivity contribution in [2.24, 2.45) is 5.73 Å². The number of rotatable bonds is 4. The highest BCUT2D eigenvalue weighted by atomic mass is 19.1. The van der Waals surface area contributed by atoms with Gasteiger partial charge in [-0.1, -0.05) is 6.07 Å². The molecule has 0 saturated heterocycles. The standard InChI is InChI=1S/C17H19FN4O/c1-2-23-17-9-16(11-3-4-12(10-19)15(18)7-11)21-22(17)14-6-5-13(20)8-14/h3-4,7,9,13-14H,2,5-6,8,20H2,1H3. The van der Waals surface area contributed by atoms with E-state index in [0.717, 1.165) is 19.3 Å². The fourth-order valence-electron chi connectivity index (χ4n) is 3.01. The summed E-state index contributed by atoms with van der Waals surface area (Å²) < 4.78 is 21.4. The van der Waals surface area contributed by atoms with Gasteiger partial charge in [0.2, 0.25) is 5.88 Å². The molecular formula is C17H19FN4O. The van der Waals surface area contributed by atoms with Gasteiger partial charge in [-0.15, -0.1) is 0 Å². The number of nitrogens with zero attached hydrogens (tertiary/aromatic N) is 3. The highest BCUT2D eigenvalue weighted by Gasteiger charge is 2.27. The van der Waals surface area contributed by atoms with Crippen molar-refractivity contribution < 1.29 is 9.13 Å². The van der Waals surface area contributed by atoms with E-state index < -0.39 is 5.82 Å². The van der Waals surface area contributed by atoms with Crippen molar-refractivity contribution in [3.8, 4) is 23.2 Å². The van der Waals surface area contributed by atoms with E-state index in [0.29, 0.717) is 23.7 Å². The number of hydrogen-bond acceptors (Lipinski definition) is 4. The lowest BCUT2D eigenvalue weighted by molar-refractivity contribution is 0.284. The molecule has 2 N–H and O–H groups in total. The third kappa shape index (κ3) is 3.06. The van der Waals surface area contributed by atoms with Crippen LogP contribution in [0.1, 0.15) is 37.8 Å². The summed E-state index contributed by atoms with van der Waals surface area (Å²) in [7, 11) is 0. The maximum absolute atomic E-state index is 13.8. The van der Waals surface area contributed by atoms with E-state index in [2.05, 4.69) is 5.10 Å². The van der Waals surface area contributed by atoms with Gasteiger partial charge in [0.05, 0.1) is 23.9 Å². The van der Waals surface area contributed by atoms with Crippen molar-refractivity contribution in [3.63, 3.8) is 0 Å². The third-order valence-electron chi connectivity index (χ3n) is 4.17. The fraction of sp³-hybridized carbons (Fsp3) is 0.412. The highest BCUT2D eigenvalue weighted by molar-refractivity contribution is 5.61. The van der Waals surface area contributed by atoms with E-state index in [-0.39, 0.29) is 17.6 Å². The molecule has 1 aromatic heterocycles. The van der Waals surface area contributed by atoms with Gasteiger partial charge in [-0.2, -0.15) is 10.4 Å². The summed E-state index contributed by atoms with van der Waals surface area (Å²) in [6, 6.07) is 8.54. The van der Waals surface area contributed by atoms with Crippen LogP contribution in [0.15, 0.2) is 24.3 Å². The lowest BCUT2D eigenvalue weighted by atomic mass is 10.1. The van der Waals surface area contributed by atoms with Gasteiger partial charge in [-0.25, -0.2) is 9.07 Å². The minimum Gasteiger partial charge on any atom is -0.478 e. The lowest BCUT2D eigenvalue weighted by Gasteiger charge is -2.14. The molecule has 0 spiro atoms. The Morgan fingerprint density at radius 3 is 2.87 bits per heavy atom. The van der Waals surface area contributed by atoms with E-state index in [1.807, 2.05) is 23.7 Å². The maximum atomic E-state index is 13.8. The molecule has 0 aliphatic heterocycles. The van der Waals surface area contributed by atoms with Gasteiger partial charge in [0.15, 0.2) is 0 Å². The molecule has 5 nitrogen and oxygen atoms in total. The zero-order valence-corrected chi connectivity index (χ0v) is 13.0. The monoisotopic (exact) mass is 314 g/mol. The number of hydrogen-bond donors (Lipinski definition) is 1. The first-order valence-electron chi connectivity index (χ1n) is 7.80. The van der Waals surface area contributed by atoms with Gasteiger partial charge < -0.3 is 10.5 Å².